The average Bonchev–Trinajstić information content (AvgIpc) is 2.73. The quantitative estimate of drug-likeness (QED) is 0.813. The van der Waals surface area contributed by atoms with Gasteiger partial charge in [0, 0.05) is 30.8 Å². The molecule has 1 heterocycles. The van der Waals surface area contributed by atoms with E-state index in [9.17, 15) is 9.59 Å². The molecule has 0 aliphatic carbocycles. The summed E-state index contributed by atoms with van der Waals surface area (Å²) in [5, 5.41) is 2.96. The van der Waals surface area contributed by atoms with Gasteiger partial charge in [0.05, 0.1) is 0 Å². The summed E-state index contributed by atoms with van der Waals surface area (Å²) in [4.78, 5) is 26.6. The third-order valence-electron chi connectivity index (χ3n) is 5.03. The highest BCUT2D eigenvalue weighted by Gasteiger charge is 2.26. The number of likely N-dealkylation sites (tertiary alicyclic amines) is 1. The maximum Gasteiger partial charge on any atom is 0.246 e. The molecule has 1 aliphatic heterocycles. The van der Waals surface area contributed by atoms with Crippen LogP contribution < -0.4 is 5.32 Å². The van der Waals surface area contributed by atoms with Gasteiger partial charge in [-0.05, 0) is 48.6 Å². The van der Waals surface area contributed by atoms with E-state index in [1.807, 2.05) is 53.4 Å². The van der Waals surface area contributed by atoms with Gasteiger partial charge in [-0.15, -0.1) is 0 Å². The van der Waals surface area contributed by atoms with Gasteiger partial charge in [-0.1, -0.05) is 49.4 Å². The summed E-state index contributed by atoms with van der Waals surface area (Å²) < 4.78 is 0. The molecule has 0 unspecified atom stereocenters. The molecule has 0 atom stereocenters. The Balaban J connectivity index is 1.48. The Morgan fingerprint density at radius 2 is 1.70 bits per heavy atom. The topological polar surface area (TPSA) is 49.4 Å². The molecule has 2 aromatic carbocycles. The molecule has 4 heteroatoms. The summed E-state index contributed by atoms with van der Waals surface area (Å²) in [5.41, 5.74) is 3.13. The van der Waals surface area contributed by atoms with Crippen LogP contribution in [-0.4, -0.2) is 29.8 Å². The first kappa shape index (κ1) is 18.9. The lowest BCUT2D eigenvalue weighted by atomic mass is 9.95. The normalized spacial score (nSPS) is 15.1. The Morgan fingerprint density at radius 3 is 2.33 bits per heavy atom. The van der Waals surface area contributed by atoms with Crippen LogP contribution in [0, 0.1) is 5.92 Å². The second-order valence-corrected chi connectivity index (χ2v) is 6.88. The SMILES string of the molecule is CCc1ccc(/C=C/C(=O)N2CCC(C(=O)Nc3ccccc3)CC2)cc1. The number of anilines is 1. The number of aryl methyl sites for hydroxylation is 1. The molecule has 1 saturated heterocycles. The lowest BCUT2D eigenvalue weighted by Gasteiger charge is -2.30. The number of para-hydroxylation sites is 1. The zero-order valence-electron chi connectivity index (χ0n) is 15.7. The largest absolute Gasteiger partial charge is 0.339 e. The number of carbonyl (C=O) groups is 2. The van der Waals surface area contributed by atoms with Gasteiger partial charge in [-0.25, -0.2) is 0 Å². The summed E-state index contributed by atoms with van der Waals surface area (Å²) in [6, 6.07) is 17.7. The molecule has 0 aromatic heterocycles. The standard InChI is InChI=1S/C23H26N2O2/c1-2-18-8-10-19(11-9-18)12-13-22(26)25-16-14-20(15-17-25)23(27)24-21-6-4-3-5-7-21/h3-13,20H,2,14-17H2,1H3,(H,24,27)/b13-12+. The molecule has 1 fully saturated rings. The van der Waals surface area contributed by atoms with Gasteiger partial charge < -0.3 is 10.2 Å². The van der Waals surface area contributed by atoms with Crippen molar-refractivity contribution in [2.24, 2.45) is 5.92 Å². The van der Waals surface area contributed by atoms with Crippen molar-refractivity contribution < 1.29 is 9.59 Å². The number of nitrogens with zero attached hydrogens (tertiary/aromatic N) is 1. The van der Waals surface area contributed by atoms with Crippen LogP contribution in [0.4, 0.5) is 5.69 Å². The van der Waals surface area contributed by atoms with Crippen LogP contribution >= 0.6 is 0 Å². The van der Waals surface area contributed by atoms with Crippen molar-refractivity contribution in [3.05, 3.63) is 71.8 Å². The molecular formula is C23H26N2O2. The Kier molecular flexibility index (Phi) is 6.42. The summed E-state index contributed by atoms with van der Waals surface area (Å²) >= 11 is 0. The first-order valence-electron chi connectivity index (χ1n) is 9.57. The van der Waals surface area contributed by atoms with E-state index in [-0.39, 0.29) is 17.7 Å². The van der Waals surface area contributed by atoms with Gasteiger partial charge in [0.2, 0.25) is 11.8 Å². The Labute approximate surface area is 160 Å². The summed E-state index contributed by atoms with van der Waals surface area (Å²) in [7, 11) is 0. The van der Waals surface area contributed by atoms with Crippen LogP contribution in [0.2, 0.25) is 0 Å². The molecule has 27 heavy (non-hydrogen) atoms. The molecule has 1 aliphatic rings. The molecule has 140 valence electrons. The number of hydrogen-bond acceptors (Lipinski definition) is 2. The number of nitrogens with one attached hydrogen (secondary N) is 1. The minimum absolute atomic E-state index is 0.0106. The Hall–Kier alpha value is -2.88. The number of amides is 2. The molecule has 0 radical (unpaired) electrons. The zero-order chi connectivity index (χ0) is 19.1. The van der Waals surface area contributed by atoms with E-state index >= 15 is 0 Å². The predicted octanol–water partition coefficient (Wildman–Crippen LogP) is 4.14. The van der Waals surface area contributed by atoms with Crippen LogP contribution in [0.1, 0.15) is 30.9 Å². The van der Waals surface area contributed by atoms with Crippen molar-refractivity contribution in [3.8, 4) is 0 Å². The first-order chi connectivity index (χ1) is 13.2. The first-order valence-corrected chi connectivity index (χ1v) is 9.57. The van der Waals surface area contributed by atoms with E-state index in [0.717, 1.165) is 17.7 Å². The van der Waals surface area contributed by atoms with Gasteiger partial charge in [-0.2, -0.15) is 0 Å². The number of piperidine rings is 1. The third-order valence-corrected chi connectivity index (χ3v) is 5.03. The molecular weight excluding hydrogens is 336 g/mol. The number of benzene rings is 2. The van der Waals surface area contributed by atoms with E-state index in [4.69, 9.17) is 0 Å². The monoisotopic (exact) mass is 362 g/mol. The highest BCUT2D eigenvalue weighted by Crippen LogP contribution is 2.20. The zero-order valence-corrected chi connectivity index (χ0v) is 15.7. The van der Waals surface area contributed by atoms with Gasteiger partial charge in [-0.3, -0.25) is 9.59 Å². The smallest absolute Gasteiger partial charge is 0.246 e. The maximum atomic E-state index is 12.4. The summed E-state index contributed by atoms with van der Waals surface area (Å²) in [6.07, 6.45) is 5.89. The predicted molar refractivity (Wildman–Crippen MR) is 109 cm³/mol. The van der Waals surface area contributed by atoms with Crippen LogP contribution in [-0.2, 0) is 16.0 Å². The molecule has 2 aromatic rings. The molecule has 2 amide bonds. The van der Waals surface area contributed by atoms with Crippen LogP contribution in [0.5, 0.6) is 0 Å². The van der Waals surface area contributed by atoms with E-state index < -0.39 is 0 Å². The fourth-order valence-electron chi connectivity index (χ4n) is 3.27. The van der Waals surface area contributed by atoms with Gasteiger partial charge in [0.25, 0.3) is 0 Å². The van der Waals surface area contributed by atoms with E-state index in [1.165, 1.54) is 5.56 Å². The van der Waals surface area contributed by atoms with Crippen molar-refractivity contribution in [1.82, 2.24) is 4.90 Å². The van der Waals surface area contributed by atoms with Crippen molar-refractivity contribution in [3.63, 3.8) is 0 Å². The highest BCUT2D eigenvalue weighted by atomic mass is 16.2. The van der Waals surface area contributed by atoms with Crippen LogP contribution in [0.15, 0.2) is 60.7 Å². The van der Waals surface area contributed by atoms with E-state index in [0.29, 0.717) is 25.9 Å². The maximum absolute atomic E-state index is 12.4. The van der Waals surface area contributed by atoms with Gasteiger partial charge in [0.1, 0.15) is 0 Å². The number of carbonyl (C=O) groups excluding carboxylic acids is 2. The fraction of sp³-hybridized carbons (Fsp3) is 0.304. The van der Waals surface area contributed by atoms with Crippen molar-refractivity contribution in [2.45, 2.75) is 26.2 Å². The van der Waals surface area contributed by atoms with Crippen molar-refractivity contribution in [1.29, 1.82) is 0 Å². The second-order valence-electron chi connectivity index (χ2n) is 6.88. The van der Waals surface area contributed by atoms with Crippen molar-refractivity contribution in [2.75, 3.05) is 18.4 Å². The van der Waals surface area contributed by atoms with Crippen molar-refractivity contribution >= 4 is 23.6 Å². The Bertz CT molecular complexity index is 789. The molecule has 0 saturated carbocycles. The molecule has 0 bridgehead atoms. The average molecular weight is 362 g/mol. The lowest BCUT2D eigenvalue weighted by molar-refractivity contribution is -0.130. The van der Waals surface area contributed by atoms with E-state index in [2.05, 4.69) is 24.4 Å². The lowest BCUT2D eigenvalue weighted by Crippen LogP contribution is -2.40. The molecule has 4 nitrogen and oxygen atoms in total. The number of hydrogen-bond donors (Lipinski definition) is 1. The molecule has 0 spiro atoms. The third kappa shape index (κ3) is 5.30. The minimum atomic E-state index is -0.0418. The number of rotatable bonds is 5. The van der Waals surface area contributed by atoms with Gasteiger partial charge >= 0.3 is 0 Å². The highest BCUT2D eigenvalue weighted by molar-refractivity contribution is 5.94. The molecule has 1 N–H and O–H groups in total. The second kappa shape index (κ2) is 9.17. The fourth-order valence-corrected chi connectivity index (χ4v) is 3.27. The molecule has 3 rings (SSSR count). The van der Waals surface area contributed by atoms with Gasteiger partial charge in [0.15, 0.2) is 0 Å². The van der Waals surface area contributed by atoms with E-state index in [1.54, 1.807) is 6.08 Å². The summed E-state index contributed by atoms with van der Waals surface area (Å²) in [5.74, 6) is 0.0103. The van der Waals surface area contributed by atoms with Crippen LogP contribution in [0.25, 0.3) is 6.08 Å². The minimum Gasteiger partial charge on any atom is -0.339 e. The summed E-state index contributed by atoms with van der Waals surface area (Å²) in [6.45, 7) is 3.35. The van der Waals surface area contributed by atoms with Crippen LogP contribution in [0.3, 0.4) is 0 Å². The Morgan fingerprint density at radius 1 is 1.04 bits per heavy atom.